The van der Waals surface area contributed by atoms with Crippen LogP contribution in [0.1, 0.15) is 55.0 Å². The molecule has 0 spiro atoms. The van der Waals surface area contributed by atoms with Crippen LogP contribution in [0, 0.1) is 11.7 Å². The Hall–Kier alpha value is -4.10. The SMILES string of the molecule is CC(C)(O)c1ncc(-c2cc3c(cc2F)nc2n3[C@H](c3ccccc3OCc3ccccc3)[C@H]3C[C@@H]23)cn1. The van der Waals surface area contributed by atoms with Gasteiger partial charge in [-0.15, -0.1) is 0 Å². The standard InChI is InChI=1S/C31H27FN4O2/c1-31(2,37)30-33-15-19(16-34-30)21-13-26-25(14-24(21)32)35-29-23-12-22(23)28(36(26)29)20-10-6-7-11-27(20)38-17-18-8-4-3-5-9-18/h3-11,13-16,22-23,28,37H,12,17H2,1-2H3/t22-,23+,28+/m0/s1. The van der Waals surface area contributed by atoms with Crippen LogP contribution in [0.3, 0.4) is 0 Å². The number of nitrogens with zero attached hydrogens (tertiary/aromatic N) is 4. The molecule has 1 fully saturated rings. The second-order valence-electron chi connectivity index (χ2n) is 10.8. The highest BCUT2D eigenvalue weighted by atomic mass is 19.1. The molecule has 7 heteroatoms. The Bertz CT molecular complexity index is 1660. The molecular weight excluding hydrogens is 479 g/mol. The van der Waals surface area contributed by atoms with E-state index in [2.05, 4.69) is 32.7 Å². The molecule has 0 unspecified atom stereocenters. The molecule has 5 aromatic rings. The summed E-state index contributed by atoms with van der Waals surface area (Å²) < 4.78 is 23.9. The van der Waals surface area contributed by atoms with Gasteiger partial charge in [-0.2, -0.15) is 0 Å². The van der Waals surface area contributed by atoms with E-state index in [4.69, 9.17) is 9.72 Å². The molecule has 6 nitrogen and oxygen atoms in total. The molecular formula is C31H27FN4O2. The molecule has 3 heterocycles. The molecule has 0 amide bonds. The van der Waals surface area contributed by atoms with E-state index < -0.39 is 5.60 Å². The van der Waals surface area contributed by atoms with Crippen molar-refractivity contribution in [2.75, 3.05) is 0 Å². The lowest BCUT2D eigenvalue weighted by atomic mass is 10.0. The van der Waals surface area contributed by atoms with Gasteiger partial charge in [0.05, 0.1) is 17.1 Å². The minimum atomic E-state index is -1.17. The minimum absolute atomic E-state index is 0.0686. The monoisotopic (exact) mass is 506 g/mol. The molecule has 2 aromatic heterocycles. The van der Waals surface area contributed by atoms with E-state index in [1.54, 1.807) is 26.2 Å². The fraction of sp³-hybridized carbons (Fsp3) is 0.258. The van der Waals surface area contributed by atoms with E-state index in [0.717, 1.165) is 34.6 Å². The van der Waals surface area contributed by atoms with Crippen molar-refractivity contribution < 1.29 is 14.2 Å². The van der Waals surface area contributed by atoms with E-state index in [-0.39, 0.29) is 11.9 Å². The molecule has 1 N–H and O–H groups in total. The number of para-hydroxylation sites is 1. The number of halogens is 1. The second-order valence-corrected chi connectivity index (χ2v) is 10.8. The molecule has 3 atom stereocenters. The Balaban J connectivity index is 1.29. The van der Waals surface area contributed by atoms with Crippen LogP contribution < -0.4 is 4.74 Å². The number of fused-ring (bicyclic) bond motifs is 5. The van der Waals surface area contributed by atoms with Crippen molar-refractivity contribution >= 4 is 11.0 Å². The van der Waals surface area contributed by atoms with Gasteiger partial charge in [0.15, 0.2) is 5.82 Å². The van der Waals surface area contributed by atoms with Gasteiger partial charge in [-0.25, -0.2) is 19.3 Å². The van der Waals surface area contributed by atoms with Crippen LogP contribution in [-0.2, 0) is 12.2 Å². The first kappa shape index (κ1) is 23.0. The van der Waals surface area contributed by atoms with Gasteiger partial charge in [-0.1, -0.05) is 48.5 Å². The van der Waals surface area contributed by atoms with Crippen molar-refractivity contribution in [3.05, 3.63) is 108 Å². The summed E-state index contributed by atoms with van der Waals surface area (Å²) in [6.45, 7) is 3.74. The number of imidazole rings is 1. The third-order valence-electron chi connectivity index (χ3n) is 7.65. The highest BCUT2D eigenvalue weighted by Gasteiger charge is 2.55. The zero-order valence-corrected chi connectivity index (χ0v) is 21.2. The van der Waals surface area contributed by atoms with Gasteiger partial charge < -0.3 is 14.4 Å². The van der Waals surface area contributed by atoms with Gasteiger partial charge >= 0.3 is 0 Å². The Labute approximate surface area is 219 Å². The minimum Gasteiger partial charge on any atom is -0.489 e. The topological polar surface area (TPSA) is 73.1 Å². The molecule has 7 rings (SSSR count). The van der Waals surface area contributed by atoms with E-state index in [9.17, 15) is 5.11 Å². The lowest BCUT2D eigenvalue weighted by Gasteiger charge is -2.21. The normalized spacial score (nSPS) is 19.8. The highest BCUT2D eigenvalue weighted by molar-refractivity contribution is 5.84. The molecule has 1 aliphatic carbocycles. The molecule has 190 valence electrons. The summed E-state index contributed by atoms with van der Waals surface area (Å²) in [6, 6.07) is 21.8. The number of hydrogen-bond acceptors (Lipinski definition) is 5. The molecule has 0 bridgehead atoms. The van der Waals surface area contributed by atoms with Crippen molar-refractivity contribution in [1.29, 1.82) is 0 Å². The Morgan fingerprint density at radius 3 is 2.53 bits per heavy atom. The number of hydrogen-bond donors (Lipinski definition) is 1. The zero-order chi connectivity index (χ0) is 26.0. The first-order valence-electron chi connectivity index (χ1n) is 12.9. The summed E-state index contributed by atoms with van der Waals surface area (Å²) in [5, 5.41) is 10.2. The average molecular weight is 507 g/mol. The summed E-state index contributed by atoms with van der Waals surface area (Å²) in [4.78, 5) is 13.4. The zero-order valence-electron chi connectivity index (χ0n) is 21.2. The molecule has 38 heavy (non-hydrogen) atoms. The maximum absolute atomic E-state index is 15.3. The van der Waals surface area contributed by atoms with E-state index in [1.807, 2.05) is 42.5 Å². The van der Waals surface area contributed by atoms with Crippen LogP contribution in [0.4, 0.5) is 4.39 Å². The van der Waals surface area contributed by atoms with Crippen LogP contribution in [0.5, 0.6) is 5.75 Å². The van der Waals surface area contributed by atoms with Crippen LogP contribution in [0.15, 0.2) is 79.1 Å². The van der Waals surface area contributed by atoms with Gasteiger partial charge in [0, 0.05) is 41.1 Å². The van der Waals surface area contributed by atoms with Gasteiger partial charge in [0.2, 0.25) is 0 Å². The fourth-order valence-electron chi connectivity index (χ4n) is 5.71. The van der Waals surface area contributed by atoms with E-state index in [0.29, 0.717) is 40.9 Å². The first-order valence-corrected chi connectivity index (χ1v) is 12.9. The lowest BCUT2D eigenvalue weighted by Crippen LogP contribution is -2.19. The summed E-state index contributed by atoms with van der Waals surface area (Å²) in [5.41, 5.74) is 3.57. The third-order valence-corrected chi connectivity index (χ3v) is 7.65. The Kier molecular flexibility index (Phi) is 5.13. The Morgan fingerprint density at radius 1 is 1.03 bits per heavy atom. The van der Waals surface area contributed by atoms with Crippen molar-refractivity contribution in [2.24, 2.45) is 5.92 Å². The lowest BCUT2D eigenvalue weighted by molar-refractivity contribution is 0.0687. The molecule has 2 aliphatic rings. The molecule has 1 aliphatic heterocycles. The van der Waals surface area contributed by atoms with Gasteiger partial charge in [0.1, 0.15) is 29.6 Å². The summed E-state index contributed by atoms with van der Waals surface area (Å²) in [7, 11) is 0. The second kappa shape index (κ2) is 8.46. The smallest absolute Gasteiger partial charge is 0.159 e. The van der Waals surface area contributed by atoms with Crippen LogP contribution in [0.2, 0.25) is 0 Å². The fourth-order valence-corrected chi connectivity index (χ4v) is 5.71. The average Bonchev–Trinajstić information content (AvgIpc) is 3.53. The maximum Gasteiger partial charge on any atom is 0.159 e. The van der Waals surface area contributed by atoms with Gasteiger partial charge in [-0.05, 0) is 43.9 Å². The van der Waals surface area contributed by atoms with E-state index >= 15 is 4.39 Å². The van der Waals surface area contributed by atoms with Crippen LogP contribution >= 0.6 is 0 Å². The summed E-state index contributed by atoms with van der Waals surface area (Å²) in [5.74, 6) is 2.61. The highest BCUT2D eigenvalue weighted by Crippen LogP contribution is 2.63. The van der Waals surface area contributed by atoms with E-state index in [1.165, 1.54) is 6.07 Å². The van der Waals surface area contributed by atoms with Crippen molar-refractivity contribution in [1.82, 2.24) is 19.5 Å². The maximum atomic E-state index is 15.3. The third kappa shape index (κ3) is 3.77. The number of aliphatic hydroxyl groups is 1. The van der Waals surface area contributed by atoms with Crippen LogP contribution in [-0.4, -0.2) is 24.6 Å². The summed E-state index contributed by atoms with van der Waals surface area (Å²) in [6.07, 6.45) is 4.20. The largest absolute Gasteiger partial charge is 0.489 e. The van der Waals surface area contributed by atoms with Crippen molar-refractivity contribution in [2.45, 2.75) is 44.4 Å². The van der Waals surface area contributed by atoms with Crippen LogP contribution in [0.25, 0.3) is 22.2 Å². The van der Waals surface area contributed by atoms with Gasteiger partial charge in [-0.3, -0.25) is 0 Å². The molecule has 0 radical (unpaired) electrons. The number of rotatable bonds is 6. The number of ether oxygens (including phenoxy) is 1. The Morgan fingerprint density at radius 2 is 1.76 bits per heavy atom. The predicted molar refractivity (Wildman–Crippen MR) is 142 cm³/mol. The number of aromatic nitrogens is 4. The van der Waals surface area contributed by atoms with Crippen molar-refractivity contribution in [3.8, 4) is 16.9 Å². The molecule has 0 saturated heterocycles. The quantitative estimate of drug-likeness (QED) is 0.299. The predicted octanol–water partition coefficient (Wildman–Crippen LogP) is 6.15. The van der Waals surface area contributed by atoms with Crippen molar-refractivity contribution in [3.63, 3.8) is 0 Å². The molecule has 1 saturated carbocycles. The van der Waals surface area contributed by atoms with Gasteiger partial charge in [0.25, 0.3) is 0 Å². The molecule has 3 aromatic carbocycles. The first-order chi connectivity index (χ1) is 18.4. The summed E-state index contributed by atoms with van der Waals surface area (Å²) >= 11 is 0. The number of benzene rings is 3.